The van der Waals surface area contributed by atoms with Crippen molar-refractivity contribution < 1.29 is 4.74 Å². The highest BCUT2D eigenvalue weighted by molar-refractivity contribution is 4.68. The van der Waals surface area contributed by atoms with E-state index >= 15 is 0 Å². The van der Waals surface area contributed by atoms with Gasteiger partial charge in [0, 0.05) is 6.61 Å². The van der Waals surface area contributed by atoms with Gasteiger partial charge in [-0.1, -0.05) is 97.3 Å². The molecule has 0 spiro atoms. The van der Waals surface area contributed by atoms with Gasteiger partial charge in [-0.2, -0.15) is 0 Å². The van der Waals surface area contributed by atoms with E-state index in [0.29, 0.717) is 0 Å². The molecule has 0 rings (SSSR count). The van der Waals surface area contributed by atoms with Gasteiger partial charge in [-0.05, 0) is 26.7 Å². The van der Waals surface area contributed by atoms with Crippen molar-refractivity contribution in [3.63, 3.8) is 0 Å². The molecule has 0 amide bonds. The first-order valence-electron chi connectivity index (χ1n) is 10.3. The van der Waals surface area contributed by atoms with Gasteiger partial charge in [-0.25, -0.2) is 0 Å². The average molecular weight is 313 g/mol. The van der Waals surface area contributed by atoms with Crippen molar-refractivity contribution in [2.24, 2.45) is 0 Å². The van der Waals surface area contributed by atoms with Gasteiger partial charge in [0.25, 0.3) is 0 Å². The van der Waals surface area contributed by atoms with E-state index in [9.17, 15) is 0 Å². The molecule has 0 aliphatic carbocycles. The quantitative estimate of drug-likeness (QED) is 0.250. The maximum absolute atomic E-state index is 6.10. The second kappa shape index (κ2) is 15.8. The summed E-state index contributed by atoms with van der Waals surface area (Å²) in [7, 11) is 0. The van der Waals surface area contributed by atoms with Crippen molar-refractivity contribution in [2.75, 3.05) is 6.61 Å². The molecule has 0 aromatic heterocycles. The second-order valence-corrected chi connectivity index (χ2v) is 7.60. The molecular weight excluding hydrogens is 268 g/mol. The summed E-state index contributed by atoms with van der Waals surface area (Å²) in [5, 5.41) is 0. The third-order valence-corrected chi connectivity index (χ3v) is 4.62. The number of rotatable bonds is 17. The Hall–Kier alpha value is -0.0400. The molecule has 0 aliphatic rings. The SMILES string of the molecule is CCCCCCCCCCOC(C)(C)CCCCCCCC. The molecule has 134 valence electrons. The first-order chi connectivity index (χ1) is 10.6. The normalized spacial score (nSPS) is 12.0. The number of hydrogen-bond acceptors (Lipinski definition) is 1. The Morgan fingerprint density at radius 1 is 0.545 bits per heavy atom. The summed E-state index contributed by atoms with van der Waals surface area (Å²) in [6, 6.07) is 0. The number of hydrogen-bond donors (Lipinski definition) is 0. The Morgan fingerprint density at radius 2 is 0.955 bits per heavy atom. The van der Waals surface area contributed by atoms with E-state index in [2.05, 4.69) is 27.7 Å². The van der Waals surface area contributed by atoms with E-state index in [1.165, 1.54) is 96.3 Å². The maximum atomic E-state index is 6.10. The highest BCUT2D eigenvalue weighted by Crippen LogP contribution is 2.20. The van der Waals surface area contributed by atoms with Crippen LogP contribution in [0.25, 0.3) is 0 Å². The van der Waals surface area contributed by atoms with Gasteiger partial charge < -0.3 is 4.74 Å². The van der Waals surface area contributed by atoms with Crippen LogP contribution in [0, 0.1) is 0 Å². The predicted octanol–water partition coefficient (Wildman–Crippen LogP) is 7.67. The van der Waals surface area contributed by atoms with Gasteiger partial charge in [-0.15, -0.1) is 0 Å². The van der Waals surface area contributed by atoms with Gasteiger partial charge in [0.05, 0.1) is 5.60 Å². The minimum absolute atomic E-state index is 0.0892. The molecule has 0 N–H and O–H groups in total. The van der Waals surface area contributed by atoms with Gasteiger partial charge in [0.15, 0.2) is 0 Å². The summed E-state index contributed by atoms with van der Waals surface area (Å²) < 4.78 is 6.10. The van der Waals surface area contributed by atoms with Crippen LogP contribution in [0.5, 0.6) is 0 Å². The van der Waals surface area contributed by atoms with E-state index < -0.39 is 0 Å². The topological polar surface area (TPSA) is 9.23 Å². The van der Waals surface area contributed by atoms with Crippen molar-refractivity contribution in [3.05, 3.63) is 0 Å². The predicted molar refractivity (Wildman–Crippen MR) is 101 cm³/mol. The fourth-order valence-corrected chi connectivity index (χ4v) is 2.99. The van der Waals surface area contributed by atoms with Crippen LogP contribution in [0.15, 0.2) is 0 Å². The summed E-state index contributed by atoms with van der Waals surface area (Å²) in [4.78, 5) is 0. The fourth-order valence-electron chi connectivity index (χ4n) is 2.99. The molecule has 0 heterocycles. The fraction of sp³-hybridized carbons (Fsp3) is 1.00. The van der Waals surface area contributed by atoms with Gasteiger partial charge >= 0.3 is 0 Å². The van der Waals surface area contributed by atoms with Crippen LogP contribution in [0.4, 0.5) is 0 Å². The number of ether oxygens (including phenoxy) is 1. The van der Waals surface area contributed by atoms with Gasteiger partial charge in [0.2, 0.25) is 0 Å². The average Bonchev–Trinajstić information content (AvgIpc) is 2.49. The molecule has 0 saturated heterocycles. The van der Waals surface area contributed by atoms with E-state index in [4.69, 9.17) is 4.74 Å². The maximum Gasteiger partial charge on any atom is 0.0626 e. The Kier molecular flexibility index (Phi) is 15.8. The summed E-state index contributed by atoms with van der Waals surface area (Å²) in [5.41, 5.74) is 0.0892. The molecule has 0 bridgehead atoms. The summed E-state index contributed by atoms with van der Waals surface area (Å²) in [6.45, 7) is 10.1. The minimum Gasteiger partial charge on any atom is -0.376 e. The summed E-state index contributed by atoms with van der Waals surface area (Å²) >= 11 is 0. The van der Waals surface area contributed by atoms with E-state index in [1.807, 2.05) is 0 Å². The van der Waals surface area contributed by atoms with Crippen molar-refractivity contribution in [2.45, 2.75) is 130 Å². The zero-order valence-corrected chi connectivity index (χ0v) is 16.2. The van der Waals surface area contributed by atoms with E-state index in [-0.39, 0.29) is 5.60 Å². The van der Waals surface area contributed by atoms with Gasteiger partial charge in [-0.3, -0.25) is 0 Å². The molecule has 22 heavy (non-hydrogen) atoms. The van der Waals surface area contributed by atoms with Crippen LogP contribution in [0.2, 0.25) is 0 Å². The molecule has 0 saturated carbocycles. The van der Waals surface area contributed by atoms with Gasteiger partial charge in [0.1, 0.15) is 0 Å². The zero-order chi connectivity index (χ0) is 16.5. The van der Waals surface area contributed by atoms with E-state index in [1.54, 1.807) is 0 Å². The standard InChI is InChI=1S/C21H44O/c1-5-7-9-11-13-14-16-18-20-22-21(3,4)19-17-15-12-10-8-6-2/h5-20H2,1-4H3. The van der Waals surface area contributed by atoms with Crippen LogP contribution in [0.3, 0.4) is 0 Å². The van der Waals surface area contributed by atoms with Crippen molar-refractivity contribution in [1.82, 2.24) is 0 Å². The molecule has 0 radical (unpaired) electrons. The van der Waals surface area contributed by atoms with E-state index in [0.717, 1.165) is 6.61 Å². The molecule has 1 nitrogen and oxygen atoms in total. The summed E-state index contributed by atoms with van der Waals surface area (Å²) in [6.07, 6.45) is 20.5. The Labute approximate surface area is 141 Å². The summed E-state index contributed by atoms with van der Waals surface area (Å²) in [5.74, 6) is 0. The minimum atomic E-state index is 0.0892. The first-order valence-corrected chi connectivity index (χ1v) is 10.3. The largest absolute Gasteiger partial charge is 0.376 e. The molecule has 0 unspecified atom stereocenters. The van der Waals surface area contributed by atoms with Crippen LogP contribution in [0.1, 0.15) is 124 Å². The lowest BCUT2D eigenvalue weighted by Gasteiger charge is -2.25. The lowest BCUT2D eigenvalue weighted by Crippen LogP contribution is -2.24. The third-order valence-electron chi connectivity index (χ3n) is 4.62. The van der Waals surface area contributed by atoms with Crippen LogP contribution in [-0.2, 0) is 4.74 Å². The monoisotopic (exact) mass is 312 g/mol. The number of unbranched alkanes of at least 4 members (excludes halogenated alkanes) is 12. The lowest BCUT2D eigenvalue weighted by atomic mass is 9.99. The van der Waals surface area contributed by atoms with Crippen LogP contribution >= 0.6 is 0 Å². The van der Waals surface area contributed by atoms with Crippen LogP contribution < -0.4 is 0 Å². The highest BCUT2D eigenvalue weighted by Gasteiger charge is 2.17. The molecule has 0 aromatic carbocycles. The molecular formula is C21H44O. The lowest BCUT2D eigenvalue weighted by molar-refractivity contribution is -0.0266. The van der Waals surface area contributed by atoms with Crippen LogP contribution in [-0.4, -0.2) is 12.2 Å². The molecule has 0 fully saturated rings. The second-order valence-electron chi connectivity index (χ2n) is 7.60. The Balaban J connectivity index is 3.32. The Bertz CT molecular complexity index is 210. The first kappa shape index (κ1) is 22.0. The Morgan fingerprint density at radius 3 is 1.45 bits per heavy atom. The molecule has 0 aliphatic heterocycles. The van der Waals surface area contributed by atoms with Crippen molar-refractivity contribution >= 4 is 0 Å². The molecule has 0 atom stereocenters. The zero-order valence-electron chi connectivity index (χ0n) is 16.2. The van der Waals surface area contributed by atoms with Crippen molar-refractivity contribution in [3.8, 4) is 0 Å². The third kappa shape index (κ3) is 16.3. The van der Waals surface area contributed by atoms with Crippen molar-refractivity contribution in [1.29, 1.82) is 0 Å². The molecule has 1 heteroatoms. The smallest absolute Gasteiger partial charge is 0.0626 e. The highest BCUT2D eigenvalue weighted by atomic mass is 16.5. The molecule has 0 aromatic rings.